The van der Waals surface area contributed by atoms with Crippen LogP contribution in [0.25, 0.3) is 11.3 Å². The molecule has 0 bridgehead atoms. The zero-order valence-corrected chi connectivity index (χ0v) is 8.85. The Kier molecular flexibility index (Phi) is 2.83. The van der Waals surface area contributed by atoms with E-state index in [2.05, 4.69) is 9.97 Å². The van der Waals surface area contributed by atoms with Gasteiger partial charge in [0, 0.05) is 18.0 Å². The molecule has 0 fully saturated rings. The zero-order valence-electron chi connectivity index (χ0n) is 8.09. The molecule has 0 spiro atoms. The summed E-state index contributed by atoms with van der Waals surface area (Å²) in [6.07, 6.45) is 3.25. The lowest BCUT2D eigenvalue weighted by atomic mass is 10.2. The molecule has 80 valence electrons. The van der Waals surface area contributed by atoms with E-state index in [-0.39, 0.29) is 10.7 Å². The summed E-state index contributed by atoms with van der Waals surface area (Å²) in [5, 5.41) is 9.00. The standard InChI is InChI=1S/C11H7ClN2O2/c12-8-3-4-9(14-10(8)11(15)16)7-2-1-5-13-6-7/h1-6H,(H,15,16). The average molecular weight is 235 g/mol. The SMILES string of the molecule is O=C(O)c1nc(-c2cccnc2)ccc1Cl. The van der Waals surface area contributed by atoms with Crippen molar-refractivity contribution in [2.45, 2.75) is 0 Å². The largest absolute Gasteiger partial charge is 0.476 e. The summed E-state index contributed by atoms with van der Waals surface area (Å²) in [5.74, 6) is -1.14. The molecule has 0 aromatic carbocycles. The zero-order chi connectivity index (χ0) is 11.5. The van der Waals surface area contributed by atoms with E-state index in [1.165, 1.54) is 6.07 Å². The minimum absolute atomic E-state index is 0.125. The molecule has 0 amide bonds. The second kappa shape index (κ2) is 4.28. The van der Waals surface area contributed by atoms with Crippen LogP contribution in [-0.2, 0) is 0 Å². The van der Waals surface area contributed by atoms with E-state index in [0.717, 1.165) is 5.56 Å². The summed E-state index contributed by atoms with van der Waals surface area (Å²) in [7, 11) is 0. The first kappa shape index (κ1) is 10.6. The fraction of sp³-hybridized carbons (Fsp3) is 0. The first-order valence-corrected chi connectivity index (χ1v) is 4.86. The van der Waals surface area contributed by atoms with E-state index < -0.39 is 5.97 Å². The monoisotopic (exact) mass is 234 g/mol. The molecule has 0 aliphatic rings. The van der Waals surface area contributed by atoms with E-state index in [4.69, 9.17) is 16.7 Å². The Hall–Kier alpha value is -1.94. The first-order chi connectivity index (χ1) is 7.68. The fourth-order valence-corrected chi connectivity index (χ4v) is 1.45. The number of carboxylic acid groups (broad SMARTS) is 1. The van der Waals surface area contributed by atoms with Crippen LogP contribution in [-0.4, -0.2) is 21.0 Å². The van der Waals surface area contributed by atoms with Gasteiger partial charge in [-0.25, -0.2) is 9.78 Å². The van der Waals surface area contributed by atoms with E-state index >= 15 is 0 Å². The predicted octanol–water partition coefficient (Wildman–Crippen LogP) is 2.50. The molecule has 1 N–H and O–H groups in total. The lowest BCUT2D eigenvalue weighted by Gasteiger charge is -2.02. The summed E-state index contributed by atoms with van der Waals surface area (Å²) >= 11 is 5.72. The molecule has 2 heterocycles. The average Bonchev–Trinajstić information content (AvgIpc) is 2.30. The molecule has 0 saturated carbocycles. The highest BCUT2D eigenvalue weighted by Gasteiger charge is 2.11. The van der Waals surface area contributed by atoms with Crippen molar-refractivity contribution in [3.63, 3.8) is 0 Å². The molecule has 0 aliphatic carbocycles. The number of halogens is 1. The summed E-state index contributed by atoms with van der Waals surface area (Å²) < 4.78 is 0. The second-order valence-electron chi connectivity index (χ2n) is 3.07. The van der Waals surface area contributed by atoms with Gasteiger partial charge in [0.15, 0.2) is 5.69 Å². The van der Waals surface area contributed by atoms with E-state index in [1.54, 1.807) is 30.6 Å². The van der Waals surface area contributed by atoms with Crippen molar-refractivity contribution in [3.8, 4) is 11.3 Å². The molecule has 16 heavy (non-hydrogen) atoms. The van der Waals surface area contributed by atoms with Crippen LogP contribution in [0.5, 0.6) is 0 Å². The number of aromatic nitrogens is 2. The van der Waals surface area contributed by atoms with Crippen molar-refractivity contribution < 1.29 is 9.90 Å². The van der Waals surface area contributed by atoms with Gasteiger partial charge in [-0.3, -0.25) is 4.98 Å². The number of carboxylic acids is 1. The van der Waals surface area contributed by atoms with Crippen LogP contribution >= 0.6 is 11.6 Å². The minimum atomic E-state index is -1.14. The molecule has 2 aromatic heterocycles. The molecule has 0 aliphatic heterocycles. The van der Waals surface area contributed by atoms with Crippen LogP contribution < -0.4 is 0 Å². The van der Waals surface area contributed by atoms with Crippen LogP contribution in [0.4, 0.5) is 0 Å². The maximum absolute atomic E-state index is 10.8. The predicted molar refractivity (Wildman–Crippen MR) is 59.4 cm³/mol. The Balaban J connectivity index is 2.52. The third kappa shape index (κ3) is 2.01. The molecular weight excluding hydrogens is 228 g/mol. The van der Waals surface area contributed by atoms with Crippen molar-refractivity contribution in [2.24, 2.45) is 0 Å². The molecule has 2 rings (SSSR count). The highest BCUT2D eigenvalue weighted by Crippen LogP contribution is 2.20. The van der Waals surface area contributed by atoms with Crippen molar-refractivity contribution in [2.75, 3.05) is 0 Å². The maximum Gasteiger partial charge on any atom is 0.356 e. The number of carbonyl (C=O) groups is 1. The van der Waals surface area contributed by atoms with Gasteiger partial charge in [-0.05, 0) is 24.3 Å². The van der Waals surface area contributed by atoms with Gasteiger partial charge < -0.3 is 5.11 Å². The van der Waals surface area contributed by atoms with Gasteiger partial charge >= 0.3 is 5.97 Å². The highest BCUT2D eigenvalue weighted by molar-refractivity contribution is 6.33. The van der Waals surface area contributed by atoms with Gasteiger partial charge in [0.1, 0.15) is 0 Å². The summed E-state index contributed by atoms with van der Waals surface area (Å²) in [6.45, 7) is 0. The van der Waals surface area contributed by atoms with Crippen LogP contribution in [0.15, 0.2) is 36.7 Å². The summed E-state index contributed by atoms with van der Waals surface area (Å²) in [6, 6.07) is 6.73. The molecule has 0 atom stereocenters. The van der Waals surface area contributed by atoms with Gasteiger partial charge in [0.25, 0.3) is 0 Å². The van der Waals surface area contributed by atoms with E-state index in [1.807, 2.05) is 0 Å². The van der Waals surface area contributed by atoms with E-state index in [9.17, 15) is 4.79 Å². The first-order valence-electron chi connectivity index (χ1n) is 4.49. The Bertz CT molecular complexity index is 529. The number of rotatable bonds is 2. The number of nitrogens with zero attached hydrogens (tertiary/aromatic N) is 2. The Morgan fingerprint density at radius 2 is 2.12 bits per heavy atom. The molecule has 4 nitrogen and oxygen atoms in total. The Labute approximate surface area is 96.6 Å². The lowest BCUT2D eigenvalue weighted by molar-refractivity contribution is 0.0691. The Morgan fingerprint density at radius 3 is 2.75 bits per heavy atom. The molecule has 0 saturated heterocycles. The minimum Gasteiger partial charge on any atom is -0.476 e. The molecule has 2 aromatic rings. The number of pyridine rings is 2. The van der Waals surface area contributed by atoms with Crippen LogP contribution in [0, 0.1) is 0 Å². The van der Waals surface area contributed by atoms with Gasteiger partial charge in [-0.1, -0.05) is 11.6 Å². The van der Waals surface area contributed by atoms with Gasteiger partial charge in [0.05, 0.1) is 10.7 Å². The van der Waals surface area contributed by atoms with Gasteiger partial charge in [-0.2, -0.15) is 0 Å². The number of aromatic carboxylic acids is 1. The molecule has 0 unspecified atom stereocenters. The van der Waals surface area contributed by atoms with Gasteiger partial charge in [0.2, 0.25) is 0 Å². The normalized spacial score (nSPS) is 10.1. The number of hydrogen-bond acceptors (Lipinski definition) is 3. The smallest absolute Gasteiger partial charge is 0.356 e. The topological polar surface area (TPSA) is 63.1 Å². The fourth-order valence-electron chi connectivity index (χ4n) is 1.27. The summed E-state index contributed by atoms with van der Waals surface area (Å²) in [4.78, 5) is 18.8. The molecule has 0 radical (unpaired) electrons. The highest BCUT2D eigenvalue weighted by atomic mass is 35.5. The molecule has 5 heteroatoms. The van der Waals surface area contributed by atoms with Gasteiger partial charge in [-0.15, -0.1) is 0 Å². The van der Waals surface area contributed by atoms with Crippen molar-refractivity contribution in [1.82, 2.24) is 9.97 Å². The van der Waals surface area contributed by atoms with Crippen LogP contribution in [0.1, 0.15) is 10.5 Å². The van der Waals surface area contributed by atoms with Crippen molar-refractivity contribution in [1.29, 1.82) is 0 Å². The van der Waals surface area contributed by atoms with Crippen LogP contribution in [0.2, 0.25) is 5.02 Å². The lowest BCUT2D eigenvalue weighted by Crippen LogP contribution is -2.02. The Morgan fingerprint density at radius 1 is 1.31 bits per heavy atom. The second-order valence-corrected chi connectivity index (χ2v) is 3.48. The number of hydrogen-bond donors (Lipinski definition) is 1. The molecular formula is C11H7ClN2O2. The third-order valence-electron chi connectivity index (χ3n) is 2.01. The summed E-state index contributed by atoms with van der Waals surface area (Å²) in [5.41, 5.74) is 1.14. The van der Waals surface area contributed by atoms with Crippen molar-refractivity contribution >= 4 is 17.6 Å². The van der Waals surface area contributed by atoms with E-state index in [0.29, 0.717) is 5.69 Å². The quantitative estimate of drug-likeness (QED) is 0.867. The van der Waals surface area contributed by atoms with Crippen molar-refractivity contribution in [3.05, 3.63) is 47.4 Å². The maximum atomic E-state index is 10.8. The third-order valence-corrected chi connectivity index (χ3v) is 2.31. The van der Waals surface area contributed by atoms with Crippen LogP contribution in [0.3, 0.4) is 0 Å².